The topological polar surface area (TPSA) is 55.9 Å². The zero-order valence-electron chi connectivity index (χ0n) is 25.3. The second-order valence-electron chi connectivity index (χ2n) is 12.2. The van der Waals surface area contributed by atoms with Crippen molar-refractivity contribution < 1.29 is 9.59 Å². The van der Waals surface area contributed by atoms with E-state index < -0.39 is 0 Å². The first-order chi connectivity index (χ1) is 21.4. The molecule has 6 rings (SSSR count). The van der Waals surface area contributed by atoms with Gasteiger partial charge in [0.05, 0.1) is 4.91 Å². The molecule has 2 aliphatic heterocycles. The molecule has 3 aromatic carbocycles. The van der Waals surface area contributed by atoms with E-state index in [9.17, 15) is 9.59 Å². The second-order valence-corrected chi connectivity index (χ2v) is 13.9. The molecule has 0 aromatic heterocycles. The Morgan fingerprint density at radius 3 is 2.55 bits per heavy atom. The van der Waals surface area contributed by atoms with Crippen molar-refractivity contribution in [3.63, 3.8) is 0 Å². The Balaban J connectivity index is 1.06. The first-order valence-electron chi connectivity index (χ1n) is 15.7. The van der Waals surface area contributed by atoms with E-state index in [0.717, 1.165) is 66.6 Å². The highest BCUT2D eigenvalue weighted by Gasteiger charge is 2.44. The normalized spacial score (nSPS) is 23.5. The lowest BCUT2D eigenvalue weighted by Crippen LogP contribution is -2.54. The Hall–Kier alpha value is -3.26. The summed E-state index contributed by atoms with van der Waals surface area (Å²) in [5.41, 5.74) is 4.52. The first-order valence-corrected chi connectivity index (χ1v) is 17.0. The minimum atomic E-state index is -0.0796. The van der Waals surface area contributed by atoms with Crippen LogP contribution >= 0.6 is 23.4 Å². The van der Waals surface area contributed by atoms with Crippen molar-refractivity contribution in [2.24, 2.45) is 5.92 Å². The van der Waals surface area contributed by atoms with E-state index >= 15 is 0 Å². The Morgan fingerprint density at radius 2 is 1.77 bits per heavy atom. The van der Waals surface area contributed by atoms with Gasteiger partial charge in [0, 0.05) is 73.7 Å². The monoisotopic (exact) mass is 628 g/mol. The Labute approximate surface area is 270 Å². The van der Waals surface area contributed by atoms with Crippen LogP contribution in [0, 0.1) is 12.8 Å². The van der Waals surface area contributed by atoms with Crippen molar-refractivity contribution in [1.82, 2.24) is 15.1 Å². The lowest BCUT2D eigenvalue weighted by molar-refractivity contribution is -0.133. The molecule has 2 amide bonds. The lowest BCUT2D eigenvalue weighted by atomic mass is 9.83. The number of fused-ring (bicyclic) bond motifs is 1. The van der Waals surface area contributed by atoms with Gasteiger partial charge >= 0.3 is 0 Å². The van der Waals surface area contributed by atoms with Gasteiger partial charge in [-0.1, -0.05) is 77.8 Å². The number of carbonyl (C=O) groups is 2. The second kappa shape index (κ2) is 14.2. The number of piperazine rings is 1. The summed E-state index contributed by atoms with van der Waals surface area (Å²) in [6, 6.07) is 26.5. The van der Waals surface area contributed by atoms with E-state index in [4.69, 9.17) is 11.6 Å². The molecule has 44 heavy (non-hydrogen) atoms. The summed E-state index contributed by atoms with van der Waals surface area (Å²) < 4.78 is 0. The third-order valence-corrected chi connectivity index (χ3v) is 10.7. The van der Waals surface area contributed by atoms with Crippen LogP contribution in [0.25, 0.3) is 6.08 Å². The molecule has 1 saturated carbocycles. The number of carbonyl (C=O) groups excluding carboxylic acids is 2. The van der Waals surface area contributed by atoms with E-state index in [0.29, 0.717) is 19.5 Å². The number of hydrogen-bond acceptors (Lipinski definition) is 5. The Morgan fingerprint density at radius 1 is 0.977 bits per heavy atom. The van der Waals surface area contributed by atoms with E-state index in [1.807, 2.05) is 59.5 Å². The number of nitrogens with one attached hydrogen (secondary N) is 1. The van der Waals surface area contributed by atoms with Crippen molar-refractivity contribution >= 4 is 46.9 Å². The van der Waals surface area contributed by atoms with Crippen molar-refractivity contribution in [2.75, 3.05) is 44.2 Å². The third kappa shape index (κ3) is 7.51. The van der Waals surface area contributed by atoms with E-state index in [-0.39, 0.29) is 29.0 Å². The molecular weight excluding hydrogens is 588 g/mol. The average Bonchev–Trinajstić information content (AvgIpc) is 3.04. The van der Waals surface area contributed by atoms with E-state index in [2.05, 4.69) is 52.4 Å². The summed E-state index contributed by atoms with van der Waals surface area (Å²) in [6.45, 7) is 7.95. The molecule has 0 radical (unpaired) electrons. The number of amides is 2. The summed E-state index contributed by atoms with van der Waals surface area (Å²) in [6.07, 6.45) is 4.50. The maximum absolute atomic E-state index is 13.9. The average molecular weight is 629 g/mol. The van der Waals surface area contributed by atoms with Crippen LogP contribution in [0.15, 0.2) is 83.8 Å². The summed E-state index contributed by atoms with van der Waals surface area (Å²) >= 11 is 7.89. The van der Waals surface area contributed by atoms with Crippen LogP contribution in [-0.2, 0) is 16.1 Å². The van der Waals surface area contributed by atoms with Gasteiger partial charge in [0.2, 0.25) is 5.91 Å². The number of thioether (sulfide) groups is 1. The SMILES string of the molecule is Cc1cccc(CN2C(=O)/C(=C/c3ccccc3)SC3CCC(C(=O)NCCN4CCN(c5cccc(Cl)c5)CC4)CC32)c1. The first kappa shape index (κ1) is 30.8. The number of benzene rings is 3. The van der Waals surface area contributed by atoms with Crippen LogP contribution in [0.1, 0.15) is 36.0 Å². The lowest BCUT2D eigenvalue weighted by Gasteiger charge is -2.46. The van der Waals surface area contributed by atoms with Gasteiger partial charge in [-0.25, -0.2) is 0 Å². The molecule has 3 fully saturated rings. The molecule has 0 spiro atoms. The van der Waals surface area contributed by atoms with Gasteiger partial charge in [-0.05, 0) is 61.6 Å². The van der Waals surface area contributed by atoms with Crippen LogP contribution in [0.2, 0.25) is 5.02 Å². The summed E-state index contributed by atoms with van der Waals surface area (Å²) in [5, 5.41) is 4.29. The summed E-state index contributed by atoms with van der Waals surface area (Å²) in [7, 11) is 0. The van der Waals surface area contributed by atoms with E-state index in [1.165, 1.54) is 11.3 Å². The number of halogens is 1. The van der Waals surface area contributed by atoms with Gasteiger partial charge in [0.15, 0.2) is 0 Å². The molecule has 1 aliphatic carbocycles. The van der Waals surface area contributed by atoms with Crippen molar-refractivity contribution in [2.45, 2.75) is 44.0 Å². The highest BCUT2D eigenvalue weighted by Crippen LogP contribution is 2.44. The third-order valence-electron chi connectivity index (χ3n) is 9.08. The molecule has 2 saturated heterocycles. The molecule has 3 aromatic rings. The van der Waals surface area contributed by atoms with Crippen molar-refractivity contribution in [1.29, 1.82) is 0 Å². The molecule has 6 nitrogen and oxygen atoms in total. The number of hydrogen-bond donors (Lipinski definition) is 1. The molecule has 230 valence electrons. The number of anilines is 1. The Bertz CT molecular complexity index is 1490. The largest absolute Gasteiger partial charge is 0.369 e. The standard InChI is InChI=1S/C36H41ClN4O2S/c1-26-7-5-10-28(21-26)25-41-32-23-29(13-14-33(32)44-34(36(41)43)22-27-8-3-2-4-9-27)35(42)38-15-16-39-17-19-40(20-18-39)31-12-6-11-30(37)24-31/h2-12,21-22,24,29,32-33H,13-20,23,25H2,1H3,(H,38,42)/b34-22-. The fraction of sp³-hybridized carbons (Fsp3) is 0.389. The predicted octanol–water partition coefficient (Wildman–Crippen LogP) is 6.24. The van der Waals surface area contributed by atoms with Crippen molar-refractivity contribution in [3.8, 4) is 0 Å². The van der Waals surface area contributed by atoms with Gasteiger partial charge in [0.1, 0.15) is 0 Å². The fourth-order valence-electron chi connectivity index (χ4n) is 6.70. The van der Waals surface area contributed by atoms with Crippen LogP contribution in [-0.4, -0.2) is 72.2 Å². The summed E-state index contributed by atoms with van der Waals surface area (Å²) in [4.78, 5) is 35.0. The van der Waals surface area contributed by atoms with Crippen LogP contribution in [0.5, 0.6) is 0 Å². The van der Waals surface area contributed by atoms with Gasteiger partial charge in [-0.15, -0.1) is 11.8 Å². The maximum atomic E-state index is 13.9. The van der Waals surface area contributed by atoms with Gasteiger partial charge < -0.3 is 15.1 Å². The number of rotatable bonds is 8. The minimum absolute atomic E-state index is 0.0324. The molecule has 3 atom stereocenters. The zero-order chi connectivity index (χ0) is 30.5. The summed E-state index contributed by atoms with van der Waals surface area (Å²) in [5.74, 6) is 0.114. The number of aryl methyl sites for hydroxylation is 1. The Kier molecular flexibility index (Phi) is 9.95. The van der Waals surface area contributed by atoms with Crippen molar-refractivity contribution in [3.05, 3.63) is 105 Å². The molecule has 0 bridgehead atoms. The predicted molar refractivity (Wildman–Crippen MR) is 182 cm³/mol. The molecule has 3 aliphatic rings. The quantitative estimate of drug-likeness (QED) is 0.299. The molecule has 3 unspecified atom stereocenters. The van der Waals surface area contributed by atoms with E-state index in [1.54, 1.807) is 11.8 Å². The van der Waals surface area contributed by atoms with Crippen LogP contribution in [0.4, 0.5) is 5.69 Å². The van der Waals surface area contributed by atoms with Gasteiger partial charge in [-0.3, -0.25) is 14.5 Å². The van der Waals surface area contributed by atoms with Crippen LogP contribution in [0.3, 0.4) is 0 Å². The highest BCUT2D eigenvalue weighted by atomic mass is 35.5. The minimum Gasteiger partial charge on any atom is -0.369 e. The van der Waals surface area contributed by atoms with Gasteiger partial charge in [-0.2, -0.15) is 0 Å². The molecule has 2 heterocycles. The molecule has 1 N–H and O–H groups in total. The smallest absolute Gasteiger partial charge is 0.260 e. The van der Waals surface area contributed by atoms with Crippen LogP contribution < -0.4 is 10.2 Å². The highest BCUT2D eigenvalue weighted by molar-refractivity contribution is 8.04. The fourth-order valence-corrected chi connectivity index (χ4v) is 8.31. The molecule has 8 heteroatoms. The maximum Gasteiger partial charge on any atom is 0.260 e. The molecular formula is C36H41ClN4O2S. The number of nitrogens with zero attached hydrogens (tertiary/aromatic N) is 3. The zero-order valence-corrected chi connectivity index (χ0v) is 26.9. The van der Waals surface area contributed by atoms with Gasteiger partial charge in [0.25, 0.3) is 5.91 Å².